The standard InChI is InChI=1S/C16H20N4O/c1-17-12-14-8-5-10-19(14)16(21)15-9-11-20(18-15)13-6-3-2-4-7-13/h2-4,6-7,9,11,14,17H,5,8,10,12H2,1H3. The predicted molar refractivity (Wildman–Crippen MR) is 81.5 cm³/mol. The second-order valence-electron chi connectivity index (χ2n) is 5.33. The third-order valence-corrected chi connectivity index (χ3v) is 3.91. The Morgan fingerprint density at radius 3 is 2.90 bits per heavy atom. The molecule has 1 fully saturated rings. The van der Waals surface area contributed by atoms with Crippen molar-refractivity contribution >= 4 is 5.91 Å². The monoisotopic (exact) mass is 284 g/mol. The van der Waals surface area contributed by atoms with E-state index < -0.39 is 0 Å². The van der Waals surface area contributed by atoms with Gasteiger partial charge in [-0.3, -0.25) is 4.79 Å². The van der Waals surface area contributed by atoms with Crippen molar-refractivity contribution in [2.75, 3.05) is 20.1 Å². The Bertz CT molecular complexity index is 608. The molecule has 0 saturated carbocycles. The zero-order chi connectivity index (χ0) is 14.7. The van der Waals surface area contributed by atoms with Crippen molar-refractivity contribution in [2.45, 2.75) is 18.9 Å². The molecule has 0 radical (unpaired) electrons. The van der Waals surface area contributed by atoms with Gasteiger partial charge in [-0.15, -0.1) is 0 Å². The molecule has 5 heteroatoms. The van der Waals surface area contributed by atoms with Gasteiger partial charge in [-0.25, -0.2) is 4.68 Å². The van der Waals surface area contributed by atoms with Crippen LogP contribution in [0.1, 0.15) is 23.3 Å². The Balaban J connectivity index is 1.78. The van der Waals surface area contributed by atoms with E-state index in [0.717, 1.165) is 31.6 Å². The van der Waals surface area contributed by atoms with Crippen molar-refractivity contribution in [2.24, 2.45) is 0 Å². The summed E-state index contributed by atoms with van der Waals surface area (Å²) in [6, 6.07) is 11.9. The average molecular weight is 284 g/mol. The second-order valence-corrected chi connectivity index (χ2v) is 5.33. The van der Waals surface area contributed by atoms with Gasteiger partial charge >= 0.3 is 0 Å². The molecule has 1 amide bonds. The molecule has 110 valence electrons. The van der Waals surface area contributed by atoms with E-state index in [-0.39, 0.29) is 11.9 Å². The first kappa shape index (κ1) is 13.8. The van der Waals surface area contributed by atoms with Gasteiger partial charge in [-0.2, -0.15) is 5.10 Å². The zero-order valence-electron chi connectivity index (χ0n) is 12.2. The topological polar surface area (TPSA) is 50.2 Å². The van der Waals surface area contributed by atoms with Crippen LogP contribution in [0.3, 0.4) is 0 Å². The van der Waals surface area contributed by atoms with Crippen molar-refractivity contribution in [3.63, 3.8) is 0 Å². The first-order valence-electron chi connectivity index (χ1n) is 7.36. The zero-order valence-corrected chi connectivity index (χ0v) is 12.2. The van der Waals surface area contributed by atoms with E-state index >= 15 is 0 Å². The number of nitrogens with zero attached hydrogens (tertiary/aromatic N) is 3. The molecule has 1 N–H and O–H groups in total. The largest absolute Gasteiger partial charge is 0.333 e. The number of carbonyl (C=O) groups excluding carboxylic acids is 1. The number of nitrogens with one attached hydrogen (secondary N) is 1. The highest BCUT2D eigenvalue weighted by molar-refractivity contribution is 5.92. The Hall–Kier alpha value is -2.14. The number of amides is 1. The third kappa shape index (κ3) is 2.83. The van der Waals surface area contributed by atoms with Crippen LogP contribution in [0.15, 0.2) is 42.6 Å². The molecule has 0 aliphatic carbocycles. The number of likely N-dealkylation sites (N-methyl/N-ethyl adjacent to an activating group) is 1. The Labute approximate surface area is 124 Å². The lowest BCUT2D eigenvalue weighted by Crippen LogP contribution is -2.41. The summed E-state index contributed by atoms with van der Waals surface area (Å²) in [5.74, 6) is 0.0300. The van der Waals surface area contributed by atoms with E-state index in [1.54, 1.807) is 10.7 Å². The first-order valence-corrected chi connectivity index (χ1v) is 7.36. The summed E-state index contributed by atoms with van der Waals surface area (Å²) in [7, 11) is 1.92. The quantitative estimate of drug-likeness (QED) is 0.929. The van der Waals surface area contributed by atoms with Crippen molar-refractivity contribution < 1.29 is 4.79 Å². The molecule has 1 atom stereocenters. The SMILES string of the molecule is CNCC1CCCN1C(=O)c1ccn(-c2ccccc2)n1. The summed E-state index contributed by atoms with van der Waals surface area (Å²) in [5.41, 5.74) is 1.48. The minimum Gasteiger partial charge on any atom is -0.333 e. The molecule has 2 heterocycles. The lowest BCUT2D eigenvalue weighted by Gasteiger charge is -2.23. The lowest BCUT2D eigenvalue weighted by atomic mass is 10.2. The second kappa shape index (κ2) is 6.10. The van der Waals surface area contributed by atoms with Crippen LogP contribution in [-0.2, 0) is 0 Å². The molecule has 1 aromatic heterocycles. The average Bonchev–Trinajstić information content (AvgIpc) is 3.17. The van der Waals surface area contributed by atoms with E-state index in [0.29, 0.717) is 5.69 Å². The minimum atomic E-state index is 0.0300. The molecular formula is C16H20N4O. The van der Waals surface area contributed by atoms with Gasteiger partial charge in [0.1, 0.15) is 0 Å². The molecular weight excluding hydrogens is 264 g/mol. The summed E-state index contributed by atoms with van der Waals surface area (Å²) in [6.45, 7) is 1.66. The molecule has 0 spiro atoms. The Morgan fingerprint density at radius 1 is 1.33 bits per heavy atom. The highest BCUT2D eigenvalue weighted by Gasteiger charge is 2.29. The molecule has 2 aromatic rings. The van der Waals surface area contributed by atoms with Gasteiger partial charge in [0.25, 0.3) is 5.91 Å². The Kier molecular flexibility index (Phi) is 4.01. The van der Waals surface area contributed by atoms with E-state index in [1.807, 2.05) is 48.5 Å². The Morgan fingerprint density at radius 2 is 2.14 bits per heavy atom. The highest BCUT2D eigenvalue weighted by Crippen LogP contribution is 2.19. The summed E-state index contributed by atoms with van der Waals surface area (Å²) in [5, 5.41) is 7.58. The van der Waals surface area contributed by atoms with Crippen LogP contribution in [0.2, 0.25) is 0 Å². The number of likely N-dealkylation sites (tertiary alicyclic amines) is 1. The van der Waals surface area contributed by atoms with E-state index in [4.69, 9.17) is 0 Å². The number of rotatable bonds is 4. The van der Waals surface area contributed by atoms with Crippen LogP contribution in [0.4, 0.5) is 0 Å². The molecule has 1 aliphatic rings. The maximum atomic E-state index is 12.6. The van der Waals surface area contributed by atoms with Gasteiger partial charge in [-0.05, 0) is 38.1 Å². The minimum absolute atomic E-state index is 0.0300. The molecule has 1 unspecified atom stereocenters. The lowest BCUT2D eigenvalue weighted by molar-refractivity contribution is 0.0730. The molecule has 1 aliphatic heterocycles. The maximum absolute atomic E-state index is 12.6. The van der Waals surface area contributed by atoms with Crippen LogP contribution in [-0.4, -0.2) is 46.8 Å². The summed E-state index contributed by atoms with van der Waals surface area (Å²) < 4.78 is 1.75. The number of benzene rings is 1. The van der Waals surface area contributed by atoms with Gasteiger partial charge in [0.05, 0.1) is 5.69 Å². The van der Waals surface area contributed by atoms with Crippen LogP contribution in [0.25, 0.3) is 5.69 Å². The predicted octanol–water partition coefficient (Wildman–Crippen LogP) is 1.70. The van der Waals surface area contributed by atoms with Crippen LogP contribution in [0, 0.1) is 0 Å². The van der Waals surface area contributed by atoms with Crippen LogP contribution in [0.5, 0.6) is 0 Å². The fourth-order valence-corrected chi connectivity index (χ4v) is 2.86. The normalized spacial score (nSPS) is 18.1. The van der Waals surface area contributed by atoms with E-state index in [1.165, 1.54) is 0 Å². The number of para-hydroxylation sites is 1. The van der Waals surface area contributed by atoms with Crippen molar-refractivity contribution in [1.82, 2.24) is 20.0 Å². The van der Waals surface area contributed by atoms with Crippen molar-refractivity contribution in [1.29, 1.82) is 0 Å². The summed E-state index contributed by atoms with van der Waals surface area (Å²) in [6.07, 6.45) is 3.97. The van der Waals surface area contributed by atoms with E-state index in [2.05, 4.69) is 10.4 Å². The molecule has 1 aromatic carbocycles. The van der Waals surface area contributed by atoms with Crippen LogP contribution < -0.4 is 5.32 Å². The first-order chi connectivity index (χ1) is 10.3. The van der Waals surface area contributed by atoms with Gasteiger partial charge in [0.2, 0.25) is 0 Å². The number of aromatic nitrogens is 2. The summed E-state index contributed by atoms with van der Waals surface area (Å²) in [4.78, 5) is 14.5. The number of hydrogen-bond donors (Lipinski definition) is 1. The fraction of sp³-hybridized carbons (Fsp3) is 0.375. The van der Waals surface area contributed by atoms with Gasteiger partial charge < -0.3 is 10.2 Å². The van der Waals surface area contributed by atoms with Crippen molar-refractivity contribution in [3.8, 4) is 5.69 Å². The van der Waals surface area contributed by atoms with Gasteiger partial charge in [0, 0.05) is 25.3 Å². The third-order valence-electron chi connectivity index (χ3n) is 3.91. The van der Waals surface area contributed by atoms with Gasteiger partial charge in [-0.1, -0.05) is 18.2 Å². The fourth-order valence-electron chi connectivity index (χ4n) is 2.86. The molecule has 0 bridgehead atoms. The highest BCUT2D eigenvalue weighted by atomic mass is 16.2. The maximum Gasteiger partial charge on any atom is 0.274 e. The molecule has 3 rings (SSSR count). The van der Waals surface area contributed by atoms with E-state index in [9.17, 15) is 4.79 Å². The summed E-state index contributed by atoms with van der Waals surface area (Å²) >= 11 is 0. The molecule has 21 heavy (non-hydrogen) atoms. The molecule has 1 saturated heterocycles. The van der Waals surface area contributed by atoms with Crippen molar-refractivity contribution in [3.05, 3.63) is 48.3 Å². The van der Waals surface area contributed by atoms with Gasteiger partial charge in [0.15, 0.2) is 5.69 Å². The number of hydrogen-bond acceptors (Lipinski definition) is 3. The van der Waals surface area contributed by atoms with Crippen LogP contribution >= 0.6 is 0 Å². The molecule has 5 nitrogen and oxygen atoms in total. The number of carbonyl (C=O) groups is 1. The smallest absolute Gasteiger partial charge is 0.274 e.